The van der Waals surface area contributed by atoms with Crippen LogP contribution in [0, 0.1) is 6.92 Å². The minimum atomic E-state index is -2.96. The average Bonchev–Trinajstić information content (AvgIpc) is 3.08. The van der Waals surface area contributed by atoms with E-state index in [0.717, 1.165) is 60.2 Å². The molecule has 3 aromatic carbocycles. The highest BCUT2D eigenvalue weighted by Gasteiger charge is 2.20. The molecule has 1 amide bonds. The van der Waals surface area contributed by atoms with Crippen LogP contribution in [0.4, 0.5) is 5.69 Å². The van der Waals surface area contributed by atoms with Crippen LogP contribution in [-0.2, 0) is 9.84 Å². The molecule has 1 heterocycles. The maximum atomic E-state index is 13.3. The largest absolute Gasteiger partial charge is 0.370 e. The smallest absolute Gasteiger partial charge is 0.252 e. The zero-order chi connectivity index (χ0) is 25.0. The Labute approximate surface area is 208 Å². The molecule has 0 spiro atoms. The number of hydrogen-bond donors (Lipinski definition) is 1. The average molecular weight is 494 g/mol. The molecule has 0 aromatic heterocycles. The van der Waals surface area contributed by atoms with Crippen molar-refractivity contribution in [3.8, 4) is 0 Å². The predicted octanol–water partition coefficient (Wildman–Crippen LogP) is 4.20. The van der Waals surface area contributed by atoms with Gasteiger partial charge >= 0.3 is 0 Å². The van der Waals surface area contributed by atoms with Crippen LogP contribution in [0.5, 0.6) is 0 Å². The Morgan fingerprint density at radius 1 is 1.00 bits per heavy atom. The summed E-state index contributed by atoms with van der Waals surface area (Å²) < 4.78 is 23.1. The Hall–Kier alpha value is -2.90. The van der Waals surface area contributed by atoms with E-state index < -0.39 is 9.84 Å². The Morgan fingerprint density at radius 2 is 1.77 bits per heavy atom. The summed E-state index contributed by atoms with van der Waals surface area (Å²) in [5.41, 5.74) is 3.77. The third-order valence-corrected chi connectivity index (χ3v) is 7.76. The van der Waals surface area contributed by atoms with Crippen molar-refractivity contribution in [3.05, 3.63) is 77.4 Å². The zero-order valence-corrected chi connectivity index (χ0v) is 21.6. The summed E-state index contributed by atoms with van der Waals surface area (Å²) in [6.07, 6.45) is 2.24. The van der Waals surface area contributed by atoms with Gasteiger partial charge in [-0.3, -0.25) is 4.79 Å². The molecule has 0 unspecified atom stereocenters. The van der Waals surface area contributed by atoms with Gasteiger partial charge in [-0.15, -0.1) is 0 Å². The number of hydrogen-bond acceptors (Lipinski definition) is 5. The molecule has 1 fully saturated rings. The number of carbonyl (C=O) groups excluding carboxylic acids is 1. The van der Waals surface area contributed by atoms with E-state index in [-0.39, 0.29) is 17.7 Å². The maximum Gasteiger partial charge on any atom is 0.252 e. The standard InChI is InChI=1S/C28H35N3O3S/c1-21-12-13-24(31-15-7-14-30(16-17-31)18-19-35(3,33)34)20-27(21)28(32)29-22(2)25-11-6-9-23-8-4-5-10-26(23)25/h4-6,8-13,20,22H,7,14-19H2,1-3H3,(H,29,32)/t22-/m1/s1. The molecule has 1 N–H and O–H groups in total. The van der Waals surface area contributed by atoms with E-state index in [4.69, 9.17) is 0 Å². The van der Waals surface area contributed by atoms with Gasteiger partial charge < -0.3 is 15.1 Å². The number of rotatable bonds is 7. The highest BCUT2D eigenvalue weighted by atomic mass is 32.2. The summed E-state index contributed by atoms with van der Waals surface area (Å²) >= 11 is 0. The molecule has 1 saturated heterocycles. The van der Waals surface area contributed by atoms with Crippen LogP contribution >= 0.6 is 0 Å². The zero-order valence-electron chi connectivity index (χ0n) is 20.8. The number of anilines is 1. The van der Waals surface area contributed by atoms with Gasteiger partial charge in [0.1, 0.15) is 9.84 Å². The first-order valence-corrected chi connectivity index (χ1v) is 14.3. The van der Waals surface area contributed by atoms with E-state index in [0.29, 0.717) is 12.1 Å². The number of fused-ring (bicyclic) bond motifs is 1. The summed E-state index contributed by atoms with van der Waals surface area (Å²) in [6, 6.07) is 20.4. The SMILES string of the molecule is Cc1ccc(N2CCCN(CCS(C)(=O)=O)CC2)cc1C(=O)N[C@H](C)c1cccc2ccccc12. The normalized spacial score (nSPS) is 16.1. The number of sulfone groups is 1. The summed E-state index contributed by atoms with van der Waals surface area (Å²) in [6.45, 7) is 7.94. The summed E-state index contributed by atoms with van der Waals surface area (Å²) in [5, 5.41) is 5.52. The summed E-state index contributed by atoms with van der Waals surface area (Å²) in [7, 11) is -2.96. The minimum absolute atomic E-state index is 0.0746. The van der Waals surface area contributed by atoms with Gasteiger partial charge in [0.25, 0.3) is 5.91 Å². The third-order valence-electron chi connectivity index (χ3n) is 6.84. The molecule has 0 saturated carbocycles. The van der Waals surface area contributed by atoms with Crippen molar-refractivity contribution in [3.63, 3.8) is 0 Å². The molecule has 0 radical (unpaired) electrons. The van der Waals surface area contributed by atoms with E-state index >= 15 is 0 Å². The molecule has 1 atom stereocenters. The molecule has 0 aliphatic carbocycles. The van der Waals surface area contributed by atoms with Crippen molar-refractivity contribution in [2.24, 2.45) is 0 Å². The lowest BCUT2D eigenvalue weighted by Crippen LogP contribution is -2.34. The first-order chi connectivity index (χ1) is 16.7. The van der Waals surface area contributed by atoms with E-state index in [2.05, 4.69) is 45.4 Å². The Morgan fingerprint density at radius 3 is 2.57 bits per heavy atom. The van der Waals surface area contributed by atoms with Crippen LogP contribution < -0.4 is 10.2 Å². The second kappa shape index (κ2) is 10.8. The van der Waals surface area contributed by atoms with Crippen molar-refractivity contribution in [1.82, 2.24) is 10.2 Å². The lowest BCUT2D eigenvalue weighted by Gasteiger charge is -2.25. The number of amides is 1. The molecule has 186 valence electrons. The van der Waals surface area contributed by atoms with Crippen molar-refractivity contribution in [2.45, 2.75) is 26.3 Å². The van der Waals surface area contributed by atoms with Gasteiger partial charge in [-0.25, -0.2) is 8.42 Å². The van der Waals surface area contributed by atoms with Crippen molar-refractivity contribution in [1.29, 1.82) is 0 Å². The lowest BCUT2D eigenvalue weighted by molar-refractivity contribution is 0.0939. The number of nitrogens with one attached hydrogen (secondary N) is 1. The molecule has 4 rings (SSSR count). The van der Waals surface area contributed by atoms with Gasteiger partial charge in [-0.05, 0) is 60.8 Å². The van der Waals surface area contributed by atoms with Gasteiger partial charge in [0.15, 0.2) is 0 Å². The fourth-order valence-corrected chi connectivity index (χ4v) is 5.37. The van der Waals surface area contributed by atoms with Gasteiger partial charge in [0.05, 0.1) is 11.8 Å². The molecule has 1 aliphatic heterocycles. The molecule has 0 bridgehead atoms. The van der Waals surface area contributed by atoms with Crippen LogP contribution in [-0.4, -0.2) is 64.0 Å². The van der Waals surface area contributed by atoms with Crippen molar-refractivity contribution in [2.75, 3.05) is 49.6 Å². The monoisotopic (exact) mass is 493 g/mol. The first-order valence-electron chi connectivity index (χ1n) is 12.3. The molecule has 3 aromatic rings. The van der Waals surface area contributed by atoms with Crippen LogP contribution in [0.2, 0.25) is 0 Å². The maximum absolute atomic E-state index is 13.3. The van der Waals surface area contributed by atoms with E-state index in [1.54, 1.807) is 0 Å². The number of nitrogens with zero attached hydrogens (tertiary/aromatic N) is 2. The molecule has 7 heteroatoms. The number of benzene rings is 3. The number of carbonyl (C=O) groups is 1. The summed E-state index contributed by atoms with van der Waals surface area (Å²) in [4.78, 5) is 17.8. The molecular formula is C28H35N3O3S. The number of aryl methyl sites for hydroxylation is 1. The second-order valence-corrected chi connectivity index (χ2v) is 11.8. The Bertz CT molecular complexity index is 1300. The highest BCUT2D eigenvalue weighted by Crippen LogP contribution is 2.26. The molecule has 1 aliphatic rings. The highest BCUT2D eigenvalue weighted by molar-refractivity contribution is 7.90. The van der Waals surface area contributed by atoms with Gasteiger partial charge in [-0.2, -0.15) is 0 Å². The van der Waals surface area contributed by atoms with E-state index in [1.165, 1.54) is 6.26 Å². The molecule has 35 heavy (non-hydrogen) atoms. The van der Waals surface area contributed by atoms with Crippen molar-refractivity contribution < 1.29 is 13.2 Å². The quantitative estimate of drug-likeness (QED) is 0.534. The second-order valence-electron chi connectivity index (χ2n) is 9.57. The summed E-state index contributed by atoms with van der Waals surface area (Å²) in [5.74, 6) is 0.117. The molecular weight excluding hydrogens is 458 g/mol. The Kier molecular flexibility index (Phi) is 7.77. The molecule has 6 nitrogen and oxygen atoms in total. The topological polar surface area (TPSA) is 69.7 Å². The fourth-order valence-electron chi connectivity index (χ4n) is 4.78. The first kappa shape index (κ1) is 25.2. The minimum Gasteiger partial charge on any atom is -0.370 e. The van der Waals surface area contributed by atoms with Crippen LogP contribution in [0.15, 0.2) is 60.7 Å². The predicted molar refractivity (Wildman–Crippen MR) is 144 cm³/mol. The third kappa shape index (κ3) is 6.41. The fraction of sp³-hybridized carbons (Fsp3) is 0.393. The van der Waals surface area contributed by atoms with Crippen LogP contribution in [0.3, 0.4) is 0 Å². The van der Waals surface area contributed by atoms with Gasteiger partial charge in [0, 0.05) is 43.7 Å². The van der Waals surface area contributed by atoms with E-state index in [9.17, 15) is 13.2 Å². The van der Waals surface area contributed by atoms with E-state index in [1.807, 2.05) is 44.2 Å². The van der Waals surface area contributed by atoms with Gasteiger partial charge in [0.2, 0.25) is 0 Å². The Balaban J connectivity index is 1.46. The lowest BCUT2D eigenvalue weighted by atomic mass is 9.99. The van der Waals surface area contributed by atoms with Crippen molar-refractivity contribution >= 4 is 32.2 Å². The van der Waals surface area contributed by atoms with Crippen LogP contribution in [0.25, 0.3) is 10.8 Å². The van der Waals surface area contributed by atoms with Crippen LogP contribution in [0.1, 0.15) is 40.9 Å². The van der Waals surface area contributed by atoms with Gasteiger partial charge in [-0.1, -0.05) is 48.5 Å².